The lowest BCUT2D eigenvalue weighted by atomic mass is 9.54. The van der Waals surface area contributed by atoms with Gasteiger partial charge >= 0.3 is 5.97 Å². The van der Waals surface area contributed by atoms with Gasteiger partial charge in [0.2, 0.25) is 0 Å². The van der Waals surface area contributed by atoms with Crippen LogP contribution in [0.25, 0.3) is 0 Å². The van der Waals surface area contributed by atoms with Gasteiger partial charge in [-0.25, -0.2) is 0 Å². The molecule has 2 aliphatic carbocycles. The Bertz CT molecular complexity index is 231. The second kappa shape index (κ2) is 4.15. The number of hydrogen-bond donors (Lipinski definition) is 0. The predicted octanol–water partition coefficient (Wildman–Crippen LogP) is 3.16. The van der Waals surface area contributed by atoms with Gasteiger partial charge in [0.25, 0.3) is 0 Å². The summed E-state index contributed by atoms with van der Waals surface area (Å²) in [5.41, 5.74) is 0.630. The van der Waals surface area contributed by atoms with Gasteiger partial charge < -0.3 is 4.74 Å². The van der Waals surface area contributed by atoms with E-state index in [4.69, 9.17) is 4.74 Å². The molecule has 0 aromatic rings. The third-order valence-corrected chi connectivity index (χ3v) is 4.60. The fourth-order valence-electron chi connectivity index (χ4n) is 3.49. The highest BCUT2D eigenvalue weighted by molar-refractivity contribution is 5.72. The van der Waals surface area contributed by atoms with Gasteiger partial charge in [-0.2, -0.15) is 0 Å². The molecule has 2 fully saturated rings. The molecule has 2 rings (SSSR count). The van der Waals surface area contributed by atoms with Crippen LogP contribution < -0.4 is 0 Å². The molecule has 0 aromatic heterocycles. The molecule has 0 amide bonds. The molecular formula is C13H22O2. The minimum Gasteiger partial charge on any atom is -0.469 e. The fraction of sp³-hybridized carbons (Fsp3) is 0.923. The Labute approximate surface area is 92.4 Å². The lowest BCUT2D eigenvalue weighted by molar-refractivity contribution is -0.148. The number of methoxy groups -OCH3 is 1. The highest BCUT2D eigenvalue weighted by Crippen LogP contribution is 2.56. The molecule has 86 valence electrons. The van der Waals surface area contributed by atoms with Crippen LogP contribution in [0.2, 0.25) is 0 Å². The van der Waals surface area contributed by atoms with Crippen LogP contribution in [0.5, 0.6) is 0 Å². The number of carbonyl (C=O) groups excluding carboxylic acids is 1. The maximum Gasteiger partial charge on any atom is 0.308 e. The van der Waals surface area contributed by atoms with E-state index in [0.29, 0.717) is 5.41 Å². The Morgan fingerprint density at radius 2 is 1.93 bits per heavy atom. The molecule has 0 saturated heterocycles. The monoisotopic (exact) mass is 210 g/mol. The number of rotatable bonds is 2. The summed E-state index contributed by atoms with van der Waals surface area (Å²) in [5.74, 6) is 1.18. The van der Waals surface area contributed by atoms with Crippen LogP contribution in [0.4, 0.5) is 0 Å². The first-order valence-corrected chi connectivity index (χ1v) is 6.27. The van der Waals surface area contributed by atoms with Crippen molar-refractivity contribution in [1.82, 2.24) is 0 Å². The van der Waals surface area contributed by atoms with Crippen molar-refractivity contribution in [3.63, 3.8) is 0 Å². The van der Waals surface area contributed by atoms with Gasteiger partial charge in [0, 0.05) is 0 Å². The van der Waals surface area contributed by atoms with Gasteiger partial charge in [-0.15, -0.1) is 0 Å². The van der Waals surface area contributed by atoms with Gasteiger partial charge in [-0.1, -0.05) is 13.3 Å². The molecule has 15 heavy (non-hydrogen) atoms. The molecule has 2 saturated carbocycles. The summed E-state index contributed by atoms with van der Waals surface area (Å²) < 4.78 is 4.81. The van der Waals surface area contributed by atoms with Crippen LogP contribution in [0.15, 0.2) is 0 Å². The first-order chi connectivity index (χ1) is 7.19. The SMILES string of the molecule is CCC1CC2(CCC(C(=O)OC)CC2)C1. The van der Waals surface area contributed by atoms with Crippen LogP contribution in [-0.4, -0.2) is 13.1 Å². The van der Waals surface area contributed by atoms with Gasteiger partial charge in [0.05, 0.1) is 13.0 Å². The Hall–Kier alpha value is -0.530. The average Bonchev–Trinajstić information content (AvgIpc) is 2.25. The van der Waals surface area contributed by atoms with Crippen molar-refractivity contribution in [2.45, 2.75) is 51.9 Å². The molecule has 0 radical (unpaired) electrons. The van der Waals surface area contributed by atoms with E-state index in [2.05, 4.69) is 6.92 Å². The molecular weight excluding hydrogens is 188 g/mol. The van der Waals surface area contributed by atoms with Crippen LogP contribution in [0, 0.1) is 17.3 Å². The Balaban J connectivity index is 1.80. The van der Waals surface area contributed by atoms with Crippen LogP contribution in [0.3, 0.4) is 0 Å². The summed E-state index contributed by atoms with van der Waals surface area (Å²) >= 11 is 0. The molecule has 0 bridgehead atoms. The lowest BCUT2D eigenvalue weighted by Crippen LogP contribution is -2.41. The molecule has 1 spiro atoms. The smallest absolute Gasteiger partial charge is 0.308 e. The van der Waals surface area contributed by atoms with E-state index >= 15 is 0 Å². The van der Waals surface area contributed by atoms with E-state index in [9.17, 15) is 4.79 Å². The van der Waals surface area contributed by atoms with E-state index < -0.39 is 0 Å². The summed E-state index contributed by atoms with van der Waals surface area (Å²) in [6, 6.07) is 0. The zero-order valence-corrected chi connectivity index (χ0v) is 9.92. The normalized spacial score (nSPS) is 39.9. The number of ether oxygens (including phenoxy) is 1. The second-order valence-corrected chi connectivity index (χ2v) is 5.48. The summed E-state index contributed by atoms with van der Waals surface area (Å²) in [4.78, 5) is 11.4. The number of hydrogen-bond acceptors (Lipinski definition) is 2. The van der Waals surface area contributed by atoms with Gasteiger partial charge in [0.1, 0.15) is 0 Å². The molecule has 0 unspecified atom stereocenters. The third kappa shape index (κ3) is 2.04. The van der Waals surface area contributed by atoms with E-state index in [1.165, 1.54) is 39.2 Å². The van der Waals surface area contributed by atoms with Crippen molar-refractivity contribution in [2.75, 3.05) is 7.11 Å². The minimum atomic E-state index is 0.0104. The molecule has 0 N–H and O–H groups in total. The molecule has 0 aliphatic heterocycles. The van der Waals surface area contributed by atoms with E-state index in [0.717, 1.165) is 18.8 Å². The number of esters is 1. The summed E-state index contributed by atoms with van der Waals surface area (Å²) in [6.07, 6.45) is 8.79. The maximum atomic E-state index is 11.4. The summed E-state index contributed by atoms with van der Waals surface area (Å²) in [7, 11) is 1.50. The van der Waals surface area contributed by atoms with Gasteiger partial charge in [-0.3, -0.25) is 4.79 Å². The quantitative estimate of drug-likeness (QED) is 0.654. The highest BCUT2D eigenvalue weighted by Gasteiger charge is 2.46. The Morgan fingerprint density at radius 1 is 1.33 bits per heavy atom. The topological polar surface area (TPSA) is 26.3 Å². The van der Waals surface area contributed by atoms with Crippen molar-refractivity contribution in [3.05, 3.63) is 0 Å². The second-order valence-electron chi connectivity index (χ2n) is 5.48. The van der Waals surface area contributed by atoms with Gasteiger partial charge in [-0.05, 0) is 49.9 Å². The lowest BCUT2D eigenvalue weighted by Gasteiger charge is -2.51. The van der Waals surface area contributed by atoms with E-state index in [1.807, 2.05) is 0 Å². The molecule has 2 nitrogen and oxygen atoms in total. The molecule has 0 heterocycles. The van der Waals surface area contributed by atoms with Crippen LogP contribution in [0.1, 0.15) is 51.9 Å². The number of carbonyl (C=O) groups is 1. The minimum absolute atomic E-state index is 0.0104. The largest absolute Gasteiger partial charge is 0.469 e. The van der Waals surface area contributed by atoms with Crippen molar-refractivity contribution < 1.29 is 9.53 Å². The zero-order valence-electron chi connectivity index (χ0n) is 9.92. The molecule has 0 atom stereocenters. The maximum absolute atomic E-state index is 11.4. The van der Waals surface area contributed by atoms with Crippen LogP contribution >= 0.6 is 0 Å². The first kappa shape index (κ1) is 11.0. The Morgan fingerprint density at radius 3 is 2.40 bits per heavy atom. The first-order valence-electron chi connectivity index (χ1n) is 6.27. The standard InChI is InChI=1S/C13H22O2/c1-3-10-8-13(9-10)6-4-11(5-7-13)12(14)15-2/h10-11H,3-9H2,1-2H3. The average molecular weight is 210 g/mol. The highest BCUT2D eigenvalue weighted by atomic mass is 16.5. The van der Waals surface area contributed by atoms with Crippen molar-refractivity contribution in [2.24, 2.45) is 17.3 Å². The molecule has 2 heteroatoms. The third-order valence-electron chi connectivity index (χ3n) is 4.60. The molecule has 0 aromatic carbocycles. The fourth-order valence-corrected chi connectivity index (χ4v) is 3.49. The summed E-state index contributed by atoms with van der Waals surface area (Å²) in [6.45, 7) is 2.29. The van der Waals surface area contributed by atoms with Crippen LogP contribution in [-0.2, 0) is 9.53 Å². The van der Waals surface area contributed by atoms with Crippen molar-refractivity contribution in [3.8, 4) is 0 Å². The zero-order chi connectivity index (χ0) is 10.9. The Kier molecular flexibility index (Phi) is 3.03. The predicted molar refractivity (Wildman–Crippen MR) is 59.4 cm³/mol. The van der Waals surface area contributed by atoms with E-state index in [-0.39, 0.29) is 11.9 Å². The summed E-state index contributed by atoms with van der Waals surface area (Å²) in [5, 5.41) is 0. The van der Waals surface area contributed by atoms with Crippen molar-refractivity contribution >= 4 is 5.97 Å². The van der Waals surface area contributed by atoms with E-state index in [1.54, 1.807) is 0 Å². The molecule has 2 aliphatic rings. The van der Waals surface area contributed by atoms with Crippen molar-refractivity contribution in [1.29, 1.82) is 0 Å². The van der Waals surface area contributed by atoms with Gasteiger partial charge in [0.15, 0.2) is 0 Å².